The number of fused-ring (bicyclic) bond motifs is 1. The number of carboxylic acid groups (broad SMARTS) is 1. The summed E-state index contributed by atoms with van der Waals surface area (Å²) in [5.74, 6) is -1.21. The maximum atomic E-state index is 11.7. The van der Waals surface area contributed by atoms with Gasteiger partial charge in [-0.25, -0.2) is 4.79 Å². The molecular weight excluding hydrogens is 291 g/mol. The van der Waals surface area contributed by atoms with Crippen LogP contribution in [-0.4, -0.2) is 57.6 Å². The maximum absolute atomic E-state index is 11.7. The molecule has 0 saturated carbocycles. The number of para-hydroxylation sites is 1. The van der Waals surface area contributed by atoms with E-state index in [0.717, 1.165) is 29.3 Å². The number of aliphatic carboxylic acids is 1. The molecule has 0 bridgehead atoms. The average molecular weight is 312 g/mol. The molecule has 0 aliphatic heterocycles. The molecule has 6 heteroatoms. The molecule has 0 aliphatic rings. The second-order valence-electron chi connectivity index (χ2n) is 5.13. The summed E-state index contributed by atoms with van der Waals surface area (Å²) in [5, 5.41) is 12.9. The number of carboxylic acids is 1. The van der Waals surface area contributed by atoms with Crippen molar-refractivity contribution < 1.29 is 14.7 Å². The molecule has 0 radical (unpaired) electrons. The third-order valence-corrected chi connectivity index (χ3v) is 3.49. The second kappa shape index (κ2) is 8.98. The molecule has 114 valence electrons. The van der Waals surface area contributed by atoms with Crippen molar-refractivity contribution in [3.8, 4) is 0 Å². The molecule has 1 aromatic carbocycles. The number of hydrogen-bond acceptors (Lipinski definition) is 2. The molecule has 0 spiro atoms. The predicted octanol–water partition coefficient (Wildman–Crippen LogP) is 1.82. The van der Waals surface area contributed by atoms with Gasteiger partial charge in [-0.1, -0.05) is 31.5 Å². The van der Waals surface area contributed by atoms with E-state index >= 15 is 0 Å². The van der Waals surface area contributed by atoms with Gasteiger partial charge in [-0.15, -0.1) is 0 Å². The van der Waals surface area contributed by atoms with Crippen molar-refractivity contribution in [1.82, 2.24) is 10.3 Å². The first kappa shape index (κ1) is 18.7. The molecule has 0 unspecified atom stereocenters. The van der Waals surface area contributed by atoms with Gasteiger partial charge < -0.3 is 15.4 Å². The van der Waals surface area contributed by atoms with Crippen LogP contribution in [0.1, 0.15) is 31.7 Å². The van der Waals surface area contributed by atoms with Gasteiger partial charge in [0.1, 0.15) is 6.04 Å². The van der Waals surface area contributed by atoms with Crippen LogP contribution in [0.25, 0.3) is 10.9 Å². The van der Waals surface area contributed by atoms with E-state index < -0.39 is 12.0 Å². The topological polar surface area (TPSA) is 82.2 Å². The summed E-state index contributed by atoms with van der Waals surface area (Å²) in [5.41, 5.74) is 1.86. The van der Waals surface area contributed by atoms with Gasteiger partial charge in [0.25, 0.3) is 0 Å². The van der Waals surface area contributed by atoms with Crippen molar-refractivity contribution >= 4 is 52.3 Å². The summed E-state index contributed by atoms with van der Waals surface area (Å²) in [6, 6.07) is 6.82. The van der Waals surface area contributed by atoms with Crippen LogP contribution in [-0.2, 0) is 16.0 Å². The monoisotopic (exact) mass is 312 g/mol. The van der Waals surface area contributed by atoms with E-state index in [9.17, 15) is 14.7 Å². The first-order valence-electron chi connectivity index (χ1n) is 7.19. The zero-order chi connectivity index (χ0) is 15.2. The minimum absolute atomic E-state index is 0. The third-order valence-electron chi connectivity index (χ3n) is 3.49. The van der Waals surface area contributed by atoms with Crippen molar-refractivity contribution in [2.75, 3.05) is 0 Å². The van der Waals surface area contributed by atoms with Gasteiger partial charge in [0.2, 0.25) is 5.91 Å². The van der Waals surface area contributed by atoms with E-state index in [-0.39, 0.29) is 41.9 Å². The molecule has 1 amide bonds. The number of carbonyl (C=O) groups excluding carboxylic acids is 1. The first-order valence-corrected chi connectivity index (χ1v) is 7.19. The standard InChI is InChI=1S/C16H20N2O3.Na.H/c1-2-3-8-15(19)18-14(16(20)21)9-11-10-17-13-7-5-4-6-12(11)13;;/h4-7,10,14,17H,2-3,8-9H2,1H3,(H,18,19)(H,20,21);;/t14-;;/m0../s1. The second-order valence-corrected chi connectivity index (χ2v) is 5.13. The summed E-state index contributed by atoms with van der Waals surface area (Å²) in [7, 11) is 0. The van der Waals surface area contributed by atoms with Crippen molar-refractivity contribution in [1.29, 1.82) is 0 Å². The molecule has 1 atom stereocenters. The Kier molecular flexibility index (Phi) is 7.65. The average Bonchev–Trinajstić information content (AvgIpc) is 2.87. The molecule has 22 heavy (non-hydrogen) atoms. The van der Waals surface area contributed by atoms with Gasteiger partial charge in [-0.05, 0) is 18.1 Å². The van der Waals surface area contributed by atoms with Crippen LogP contribution in [0.2, 0.25) is 0 Å². The number of benzene rings is 1. The van der Waals surface area contributed by atoms with Crippen LogP contribution >= 0.6 is 0 Å². The van der Waals surface area contributed by atoms with Crippen LogP contribution in [0, 0.1) is 0 Å². The van der Waals surface area contributed by atoms with Gasteiger partial charge in [0.15, 0.2) is 0 Å². The number of H-pyrrole nitrogens is 1. The SMILES string of the molecule is CCCCC(=O)N[C@@H](Cc1c[nH]c2ccccc12)C(=O)O.[NaH]. The quantitative estimate of drug-likeness (QED) is 0.682. The molecule has 0 aliphatic carbocycles. The molecule has 2 aromatic rings. The summed E-state index contributed by atoms with van der Waals surface area (Å²) in [6.07, 6.45) is 4.13. The molecule has 0 fully saturated rings. The fourth-order valence-corrected chi connectivity index (χ4v) is 2.32. The fourth-order valence-electron chi connectivity index (χ4n) is 2.32. The summed E-state index contributed by atoms with van der Waals surface area (Å²) < 4.78 is 0. The number of amides is 1. The van der Waals surface area contributed by atoms with Crippen molar-refractivity contribution in [2.45, 2.75) is 38.6 Å². The zero-order valence-electron chi connectivity index (χ0n) is 12.1. The normalized spacial score (nSPS) is 11.7. The molecule has 5 nitrogen and oxygen atoms in total. The van der Waals surface area contributed by atoms with Crippen LogP contribution in [0.15, 0.2) is 30.5 Å². The van der Waals surface area contributed by atoms with Gasteiger partial charge in [0.05, 0.1) is 0 Å². The number of carbonyl (C=O) groups is 2. The Bertz CT molecular complexity index is 639. The van der Waals surface area contributed by atoms with Gasteiger partial charge in [-0.3, -0.25) is 4.79 Å². The van der Waals surface area contributed by atoms with Crippen LogP contribution < -0.4 is 5.32 Å². The Morgan fingerprint density at radius 1 is 1.32 bits per heavy atom. The minimum atomic E-state index is -1.01. The zero-order valence-corrected chi connectivity index (χ0v) is 12.1. The Morgan fingerprint density at radius 3 is 2.73 bits per heavy atom. The van der Waals surface area contributed by atoms with E-state index in [0.29, 0.717) is 6.42 Å². The first-order chi connectivity index (χ1) is 10.1. The molecule has 0 saturated heterocycles. The number of aromatic nitrogens is 1. The van der Waals surface area contributed by atoms with Crippen LogP contribution in [0.4, 0.5) is 0 Å². The molecular formula is C16H21N2NaO3. The molecule has 2 rings (SSSR count). The summed E-state index contributed by atoms with van der Waals surface area (Å²) in [6.45, 7) is 1.99. The van der Waals surface area contributed by atoms with Crippen LogP contribution in [0.3, 0.4) is 0 Å². The number of unbranched alkanes of at least 4 members (excludes halogenated alkanes) is 1. The number of hydrogen-bond donors (Lipinski definition) is 3. The molecule has 1 aromatic heterocycles. The Labute approximate surface area is 151 Å². The van der Waals surface area contributed by atoms with E-state index in [2.05, 4.69) is 10.3 Å². The van der Waals surface area contributed by atoms with Crippen molar-refractivity contribution in [3.63, 3.8) is 0 Å². The van der Waals surface area contributed by atoms with E-state index in [4.69, 9.17) is 0 Å². The third kappa shape index (κ3) is 4.87. The Balaban J connectivity index is 0.00000242. The van der Waals surface area contributed by atoms with Gasteiger partial charge >= 0.3 is 35.5 Å². The van der Waals surface area contributed by atoms with E-state index in [1.807, 2.05) is 31.2 Å². The van der Waals surface area contributed by atoms with Crippen molar-refractivity contribution in [3.05, 3.63) is 36.0 Å². The molecule has 3 N–H and O–H groups in total. The number of aromatic amines is 1. The van der Waals surface area contributed by atoms with Gasteiger partial charge in [0, 0.05) is 29.9 Å². The van der Waals surface area contributed by atoms with Crippen LogP contribution in [0.5, 0.6) is 0 Å². The Morgan fingerprint density at radius 2 is 2.05 bits per heavy atom. The number of nitrogens with one attached hydrogen (secondary N) is 2. The van der Waals surface area contributed by atoms with E-state index in [1.165, 1.54) is 0 Å². The van der Waals surface area contributed by atoms with E-state index in [1.54, 1.807) is 6.20 Å². The van der Waals surface area contributed by atoms with Crippen molar-refractivity contribution in [2.24, 2.45) is 0 Å². The summed E-state index contributed by atoms with van der Waals surface area (Å²) >= 11 is 0. The summed E-state index contributed by atoms with van der Waals surface area (Å²) in [4.78, 5) is 26.2. The molecule has 1 heterocycles. The van der Waals surface area contributed by atoms with Gasteiger partial charge in [-0.2, -0.15) is 0 Å². The fraction of sp³-hybridized carbons (Fsp3) is 0.375. The predicted molar refractivity (Wildman–Crippen MR) is 88.2 cm³/mol. The number of rotatable bonds is 7. The Hall–Kier alpha value is -1.30.